The van der Waals surface area contributed by atoms with Gasteiger partial charge in [-0.05, 0) is 84.0 Å². The van der Waals surface area contributed by atoms with Crippen LogP contribution < -0.4 is 15.4 Å². The molecule has 168 valence electrons. The first-order valence-corrected chi connectivity index (χ1v) is 11.2. The Kier molecular flexibility index (Phi) is 5.50. The van der Waals surface area contributed by atoms with Crippen LogP contribution in [0.4, 0.5) is 10.5 Å². The maximum atomic E-state index is 12.7. The summed E-state index contributed by atoms with van der Waals surface area (Å²) in [5.41, 5.74) is 6.76. The molecule has 1 fully saturated rings. The van der Waals surface area contributed by atoms with Crippen LogP contribution in [0.5, 0.6) is 5.75 Å². The molecule has 0 radical (unpaired) electrons. The summed E-state index contributed by atoms with van der Waals surface area (Å²) in [6, 6.07) is 19.9. The van der Waals surface area contributed by atoms with Gasteiger partial charge in [0.1, 0.15) is 5.75 Å². The fourth-order valence-electron chi connectivity index (χ4n) is 4.14. The molecule has 5 rings (SSSR count). The van der Waals surface area contributed by atoms with Crippen LogP contribution in [0.3, 0.4) is 0 Å². The van der Waals surface area contributed by atoms with Crippen molar-refractivity contribution in [2.45, 2.75) is 38.9 Å². The maximum Gasteiger partial charge on any atom is 0.322 e. The summed E-state index contributed by atoms with van der Waals surface area (Å²) in [4.78, 5) is 27.0. The molecule has 1 saturated carbocycles. The number of carbonyl (C=O) groups excluding carboxylic acids is 2. The van der Waals surface area contributed by atoms with E-state index in [4.69, 9.17) is 4.74 Å². The Hall–Kier alpha value is -3.80. The summed E-state index contributed by atoms with van der Waals surface area (Å²) in [5, 5.41) is 6.06. The van der Waals surface area contributed by atoms with E-state index in [1.165, 1.54) is 0 Å². The predicted octanol–water partition coefficient (Wildman–Crippen LogP) is 5.11. The van der Waals surface area contributed by atoms with E-state index in [1.807, 2.05) is 54.6 Å². The molecule has 0 atom stereocenters. The van der Waals surface area contributed by atoms with Gasteiger partial charge in [0.05, 0.1) is 7.11 Å². The van der Waals surface area contributed by atoms with Gasteiger partial charge in [-0.3, -0.25) is 4.79 Å². The number of ether oxygens (including phenoxy) is 1. The van der Waals surface area contributed by atoms with Gasteiger partial charge in [0, 0.05) is 30.4 Å². The topological polar surface area (TPSA) is 70.7 Å². The van der Waals surface area contributed by atoms with Crippen molar-refractivity contribution in [1.82, 2.24) is 10.2 Å². The third-order valence-electron chi connectivity index (χ3n) is 6.25. The van der Waals surface area contributed by atoms with Crippen LogP contribution in [0, 0.1) is 6.92 Å². The monoisotopic (exact) mass is 441 g/mol. The van der Waals surface area contributed by atoms with Crippen molar-refractivity contribution in [2.75, 3.05) is 12.4 Å². The molecular weight excluding hydrogens is 414 g/mol. The van der Waals surface area contributed by atoms with E-state index in [2.05, 4.69) is 23.6 Å². The third kappa shape index (κ3) is 4.55. The first-order chi connectivity index (χ1) is 16.0. The number of urea groups is 1. The number of benzene rings is 3. The quantitative estimate of drug-likeness (QED) is 0.558. The van der Waals surface area contributed by atoms with Gasteiger partial charge in [-0.25, -0.2) is 4.79 Å². The van der Waals surface area contributed by atoms with Gasteiger partial charge in [-0.1, -0.05) is 24.3 Å². The van der Waals surface area contributed by atoms with Crippen LogP contribution in [0.25, 0.3) is 11.1 Å². The molecule has 6 nitrogen and oxygen atoms in total. The SMILES string of the molecule is COc1ccc(CN2Cc3cc(-c4cc(C(=O)NC5CC5)ccc4C)ccc3NC2=O)cc1. The highest BCUT2D eigenvalue weighted by Crippen LogP contribution is 2.32. The highest BCUT2D eigenvalue weighted by molar-refractivity contribution is 5.96. The number of aryl methyl sites for hydroxylation is 1. The van der Waals surface area contributed by atoms with Crippen molar-refractivity contribution in [2.24, 2.45) is 0 Å². The van der Waals surface area contributed by atoms with Crippen LogP contribution in [0.15, 0.2) is 60.7 Å². The molecule has 0 aromatic heterocycles. The van der Waals surface area contributed by atoms with Crippen LogP contribution >= 0.6 is 0 Å². The van der Waals surface area contributed by atoms with Crippen LogP contribution in [0.2, 0.25) is 0 Å². The van der Waals surface area contributed by atoms with Gasteiger partial charge >= 0.3 is 6.03 Å². The van der Waals surface area contributed by atoms with Gasteiger partial charge in [0.15, 0.2) is 0 Å². The van der Waals surface area contributed by atoms with Gasteiger partial charge < -0.3 is 20.3 Å². The molecular formula is C27H27N3O3. The van der Waals surface area contributed by atoms with E-state index in [1.54, 1.807) is 12.0 Å². The number of fused-ring (bicyclic) bond motifs is 1. The number of rotatable bonds is 6. The Morgan fingerprint density at radius 3 is 2.61 bits per heavy atom. The van der Waals surface area contributed by atoms with Crippen LogP contribution in [0.1, 0.15) is 39.9 Å². The molecule has 1 aliphatic carbocycles. The lowest BCUT2D eigenvalue weighted by atomic mass is 9.95. The Balaban J connectivity index is 1.39. The summed E-state index contributed by atoms with van der Waals surface area (Å²) in [5.74, 6) is 0.773. The predicted molar refractivity (Wildman–Crippen MR) is 128 cm³/mol. The lowest BCUT2D eigenvalue weighted by Crippen LogP contribution is -2.38. The van der Waals surface area contributed by atoms with E-state index in [9.17, 15) is 9.59 Å². The fraction of sp³-hybridized carbons (Fsp3) is 0.259. The molecule has 3 aromatic carbocycles. The lowest BCUT2D eigenvalue weighted by molar-refractivity contribution is 0.0951. The summed E-state index contributed by atoms with van der Waals surface area (Å²) in [6.45, 7) is 3.08. The summed E-state index contributed by atoms with van der Waals surface area (Å²) >= 11 is 0. The molecule has 1 heterocycles. The minimum Gasteiger partial charge on any atom is -0.497 e. The van der Waals surface area contributed by atoms with Gasteiger partial charge in [-0.15, -0.1) is 0 Å². The molecule has 1 aliphatic heterocycles. The number of carbonyl (C=O) groups is 2. The molecule has 0 saturated heterocycles. The van der Waals surface area contributed by atoms with Crippen molar-refractivity contribution in [3.8, 4) is 16.9 Å². The molecule has 0 bridgehead atoms. The third-order valence-corrected chi connectivity index (χ3v) is 6.25. The van der Waals surface area contributed by atoms with E-state index < -0.39 is 0 Å². The minimum absolute atomic E-state index is 0.0189. The van der Waals surface area contributed by atoms with Crippen LogP contribution in [-0.4, -0.2) is 30.0 Å². The number of anilines is 1. The average molecular weight is 442 g/mol. The molecule has 2 N–H and O–H groups in total. The average Bonchev–Trinajstić information content (AvgIpc) is 3.64. The lowest BCUT2D eigenvalue weighted by Gasteiger charge is -2.30. The number of amides is 3. The fourth-order valence-corrected chi connectivity index (χ4v) is 4.14. The number of methoxy groups -OCH3 is 1. The Morgan fingerprint density at radius 2 is 1.88 bits per heavy atom. The van der Waals surface area contributed by atoms with E-state index in [0.717, 1.165) is 52.1 Å². The maximum absolute atomic E-state index is 12.7. The highest BCUT2D eigenvalue weighted by atomic mass is 16.5. The zero-order chi connectivity index (χ0) is 22.9. The Morgan fingerprint density at radius 1 is 1.09 bits per heavy atom. The minimum atomic E-state index is -0.110. The van der Waals surface area contributed by atoms with Crippen molar-refractivity contribution in [1.29, 1.82) is 0 Å². The van der Waals surface area contributed by atoms with Crippen LogP contribution in [-0.2, 0) is 13.1 Å². The second-order valence-electron chi connectivity index (χ2n) is 8.78. The Labute approximate surface area is 193 Å². The van der Waals surface area contributed by atoms with E-state index >= 15 is 0 Å². The zero-order valence-electron chi connectivity index (χ0n) is 18.9. The normalized spacial score (nSPS) is 15.0. The first kappa shape index (κ1) is 21.1. The van der Waals surface area contributed by atoms with Crippen molar-refractivity contribution in [3.63, 3.8) is 0 Å². The molecule has 0 spiro atoms. The van der Waals surface area contributed by atoms with Crippen molar-refractivity contribution < 1.29 is 14.3 Å². The zero-order valence-corrected chi connectivity index (χ0v) is 18.9. The second-order valence-corrected chi connectivity index (χ2v) is 8.78. The number of nitrogens with zero attached hydrogens (tertiary/aromatic N) is 1. The number of hydrogen-bond acceptors (Lipinski definition) is 3. The highest BCUT2D eigenvalue weighted by Gasteiger charge is 2.25. The smallest absolute Gasteiger partial charge is 0.322 e. The van der Waals surface area contributed by atoms with Crippen molar-refractivity contribution in [3.05, 3.63) is 82.9 Å². The number of hydrogen-bond donors (Lipinski definition) is 2. The molecule has 3 aromatic rings. The molecule has 3 amide bonds. The summed E-state index contributed by atoms with van der Waals surface area (Å²) in [7, 11) is 1.64. The molecule has 0 unspecified atom stereocenters. The van der Waals surface area contributed by atoms with E-state index in [0.29, 0.717) is 24.7 Å². The largest absolute Gasteiger partial charge is 0.497 e. The second kappa shape index (κ2) is 8.62. The molecule has 6 heteroatoms. The summed E-state index contributed by atoms with van der Waals surface area (Å²) < 4.78 is 5.22. The first-order valence-electron chi connectivity index (χ1n) is 11.2. The molecule has 33 heavy (non-hydrogen) atoms. The standard InChI is InChI=1S/C27H27N3O3/c1-17-3-6-20(26(31)28-22-8-9-22)14-24(17)19-7-12-25-21(13-19)16-30(27(32)29-25)15-18-4-10-23(33-2)11-5-18/h3-7,10-14,22H,8-9,15-16H2,1-2H3,(H,28,31)(H,29,32). The van der Waals surface area contributed by atoms with Gasteiger partial charge in [-0.2, -0.15) is 0 Å². The van der Waals surface area contributed by atoms with E-state index in [-0.39, 0.29) is 11.9 Å². The molecule has 2 aliphatic rings. The van der Waals surface area contributed by atoms with Gasteiger partial charge in [0.25, 0.3) is 5.91 Å². The number of nitrogens with one attached hydrogen (secondary N) is 2. The van der Waals surface area contributed by atoms with Crippen molar-refractivity contribution >= 4 is 17.6 Å². The van der Waals surface area contributed by atoms with Gasteiger partial charge in [0.2, 0.25) is 0 Å². The summed E-state index contributed by atoms with van der Waals surface area (Å²) in [6.07, 6.45) is 2.13. The Bertz CT molecular complexity index is 1220.